The fourth-order valence-corrected chi connectivity index (χ4v) is 1.40. The summed E-state index contributed by atoms with van der Waals surface area (Å²) in [6.07, 6.45) is 0. The summed E-state index contributed by atoms with van der Waals surface area (Å²) in [5.74, 6) is -1.10. The molecule has 0 heterocycles. The molecule has 1 aromatic carbocycles. The number of rotatable bonds is 2. The van der Waals surface area contributed by atoms with Crippen LogP contribution in [0.4, 0.5) is 0 Å². The Kier molecular flexibility index (Phi) is 2.67. The molecular weight excluding hydrogens is 236 g/mol. The minimum Gasteiger partial charge on any atom is -0.478 e. The molecule has 4 N–H and O–H groups in total. The summed E-state index contributed by atoms with van der Waals surface area (Å²) in [7, 11) is 0. The van der Waals surface area contributed by atoms with Crippen LogP contribution in [-0.2, 0) is 0 Å². The highest BCUT2D eigenvalue weighted by Crippen LogP contribution is 2.18. The molecule has 68 valence electrons. The molecule has 0 spiro atoms. The minimum absolute atomic E-state index is 0.0855. The standard InChI is InChI=1S/C8H7BrN2O2/c9-6-3-4(7(10)11)1-2-5(6)8(12)13/h1-3H,(H3,10,11)(H,12,13). The van der Waals surface area contributed by atoms with E-state index in [4.69, 9.17) is 16.2 Å². The third-order valence-electron chi connectivity index (χ3n) is 1.51. The second-order valence-corrected chi connectivity index (χ2v) is 3.27. The van der Waals surface area contributed by atoms with E-state index in [9.17, 15) is 4.79 Å². The van der Waals surface area contributed by atoms with E-state index in [-0.39, 0.29) is 11.4 Å². The number of benzene rings is 1. The monoisotopic (exact) mass is 242 g/mol. The van der Waals surface area contributed by atoms with Crippen molar-refractivity contribution in [1.82, 2.24) is 0 Å². The van der Waals surface area contributed by atoms with Gasteiger partial charge < -0.3 is 10.8 Å². The summed E-state index contributed by atoms with van der Waals surface area (Å²) < 4.78 is 0.424. The van der Waals surface area contributed by atoms with Crippen LogP contribution in [0.15, 0.2) is 22.7 Å². The Morgan fingerprint density at radius 2 is 2.15 bits per heavy atom. The summed E-state index contributed by atoms with van der Waals surface area (Å²) in [6, 6.07) is 4.41. The summed E-state index contributed by atoms with van der Waals surface area (Å²) in [6.45, 7) is 0. The van der Waals surface area contributed by atoms with Crippen molar-refractivity contribution in [2.45, 2.75) is 0 Å². The quantitative estimate of drug-likeness (QED) is 0.542. The maximum Gasteiger partial charge on any atom is 0.336 e. The van der Waals surface area contributed by atoms with E-state index in [2.05, 4.69) is 15.9 Å². The van der Waals surface area contributed by atoms with Gasteiger partial charge in [-0.2, -0.15) is 0 Å². The number of carboxylic acid groups (broad SMARTS) is 1. The van der Waals surface area contributed by atoms with Gasteiger partial charge in [-0.05, 0) is 28.1 Å². The number of halogens is 1. The zero-order valence-electron chi connectivity index (χ0n) is 6.54. The van der Waals surface area contributed by atoms with Crippen molar-refractivity contribution in [2.24, 2.45) is 5.73 Å². The van der Waals surface area contributed by atoms with Crippen molar-refractivity contribution < 1.29 is 9.90 Å². The number of carbonyl (C=O) groups is 1. The maximum absolute atomic E-state index is 10.6. The van der Waals surface area contributed by atoms with Gasteiger partial charge in [0.1, 0.15) is 5.84 Å². The first kappa shape index (κ1) is 9.73. The molecule has 1 rings (SSSR count). The molecule has 0 saturated carbocycles. The third-order valence-corrected chi connectivity index (χ3v) is 2.17. The average Bonchev–Trinajstić information content (AvgIpc) is 2.03. The van der Waals surface area contributed by atoms with Gasteiger partial charge in [-0.1, -0.05) is 6.07 Å². The highest BCUT2D eigenvalue weighted by molar-refractivity contribution is 9.10. The first-order valence-corrected chi connectivity index (χ1v) is 4.19. The van der Waals surface area contributed by atoms with Crippen molar-refractivity contribution in [3.8, 4) is 0 Å². The normalized spacial score (nSPS) is 9.62. The van der Waals surface area contributed by atoms with Gasteiger partial charge in [0.05, 0.1) is 5.56 Å². The van der Waals surface area contributed by atoms with E-state index >= 15 is 0 Å². The Morgan fingerprint density at radius 3 is 2.54 bits per heavy atom. The van der Waals surface area contributed by atoms with Crippen LogP contribution < -0.4 is 5.73 Å². The molecule has 0 aliphatic heterocycles. The predicted molar refractivity (Wildman–Crippen MR) is 52.1 cm³/mol. The molecular formula is C8H7BrN2O2. The zero-order chi connectivity index (χ0) is 10.0. The van der Waals surface area contributed by atoms with Gasteiger partial charge in [0, 0.05) is 10.0 Å². The Morgan fingerprint density at radius 1 is 1.54 bits per heavy atom. The molecule has 5 heteroatoms. The van der Waals surface area contributed by atoms with Crippen LogP contribution in [0.3, 0.4) is 0 Å². The van der Waals surface area contributed by atoms with Crippen LogP contribution in [0, 0.1) is 5.41 Å². The van der Waals surface area contributed by atoms with Gasteiger partial charge in [-0.25, -0.2) is 4.79 Å². The summed E-state index contributed by atoms with van der Waals surface area (Å²) in [5.41, 5.74) is 5.88. The van der Waals surface area contributed by atoms with Crippen LogP contribution in [-0.4, -0.2) is 16.9 Å². The highest BCUT2D eigenvalue weighted by atomic mass is 79.9. The van der Waals surface area contributed by atoms with Gasteiger partial charge in [0.2, 0.25) is 0 Å². The number of nitrogen functional groups attached to an aromatic ring is 1. The lowest BCUT2D eigenvalue weighted by Gasteiger charge is -2.01. The van der Waals surface area contributed by atoms with Gasteiger partial charge in [0.15, 0.2) is 0 Å². The number of nitrogens with two attached hydrogens (primary N) is 1. The van der Waals surface area contributed by atoms with Gasteiger partial charge in [-0.3, -0.25) is 5.41 Å². The second-order valence-electron chi connectivity index (χ2n) is 2.41. The van der Waals surface area contributed by atoms with Gasteiger partial charge in [0.25, 0.3) is 0 Å². The first-order chi connectivity index (χ1) is 6.02. The summed E-state index contributed by atoms with van der Waals surface area (Å²) >= 11 is 3.08. The minimum atomic E-state index is -1.01. The van der Waals surface area contributed by atoms with Crippen molar-refractivity contribution in [3.63, 3.8) is 0 Å². The number of amidine groups is 1. The van der Waals surface area contributed by atoms with Crippen molar-refractivity contribution in [1.29, 1.82) is 5.41 Å². The Bertz CT molecular complexity index is 376. The van der Waals surface area contributed by atoms with Crippen molar-refractivity contribution in [3.05, 3.63) is 33.8 Å². The van der Waals surface area contributed by atoms with E-state index in [1.807, 2.05) is 0 Å². The number of nitrogens with one attached hydrogen (secondary N) is 1. The molecule has 0 aliphatic carbocycles. The molecule has 1 aromatic rings. The lowest BCUT2D eigenvalue weighted by molar-refractivity contribution is 0.0696. The number of carboxylic acids is 1. The smallest absolute Gasteiger partial charge is 0.336 e. The molecule has 0 amide bonds. The summed E-state index contributed by atoms with van der Waals surface area (Å²) in [4.78, 5) is 10.6. The molecule has 0 unspecified atom stereocenters. The van der Waals surface area contributed by atoms with Crippen LogP contribution >= 0.6 is 15.9 Å². The molecule has 0 aliphatic rings. The largest absolute Gasteiger partial charge is 0.478 e. The topological polar surface area (TPSA) is 87.2 Å². The third kappa shape index (κ3) is 2.06. The number of hydrogen-bond acceptors (Lipinski definition) is 2. The van der Waals surface area contributed by atoms with Gasteiger partial charge in [-0.15, -0.1) is 0 Å². The average molecular weight is 243 g/mol. The van der Waals surface area contributed by atoms with E-state index in [0.29, 0.717) is 10.0 Å². The zero-order valence-corrected chi connectivity index (χ0v) is 8.13. The lowest BCUT2D eigenvalue weighted by Crippen LogP contribution is -2.11. The van der Waals surface area contributed by atoms with E-state index < -0.39 is 5.97 Å². The van der Waals surface area contributed by atoms with Crippen molar-refractivity contribution in [2.75, 3.05) is 0 Å². The molecule has 0 aromatic heterocycles. The van der Waals surface area contributed by atoms with Crippen LogP contribution in [0.2, 0.25) is 0 Å². The fourth-order valence-electron chi connectivity index (χ4n) is 0.856. The maximum atomic E-state index is 10.6. The fraction of sp³-hybridized carbons (Fsp3) is 0. The first-order valence-electron chi connectivity index (χ1n) is 3.39. The predicted octanol–water partition coefficient (Wildman–Crippen LogP) is 1.43. The van der Waals surface area contributed by atoms with Gasteiger partial charge >= 0.3 is 5.97 Å². The highest BCUT2D eigenvalue weighted by Gasteiger charge is 2.08. The molecule has 4 nitrogen and oxygen atoms in total. The number of aromatic carboxylic acids is 1. The van der Waals surface area contributed by atoms with Crippen LogP contribution in [0.5, 0.6) is 0 Å². The van der Waals surface area contributed by atoms with E-state index in [0.717, 1.165) is 0 Å². The molecule has 13 heavy (non-hydrogen) atoms. The van der Waals surface area contributed by atoms with E-state index in [1.165, 1.54) is 18.2 Å². The van der Waals surface area contributed by atoms with Crippen LogP contribution in [0.25, 0.3) is 0 Å². The SMILES string of the molecule is N=C(N)c1ccc(C(=O)O)c(Br)c1. The molecule has 0 radical (unpaired) electrons. The lowest BCUT2D eigenvalue weighted by atomic mass is 10.1. The Balaban J connectivity index is 3.20. The van der Waals surface area contributed by atoms with Crippen molar-refractivity contribution >= 4 is 27.7 Å². The molecule has 0 saturated heterocycles. The summed E-state index contributed by atoms with van der Waals surface area (Å²) in [5, 5.41) is 15.8. The van der Waals surface area contributed by atoms with Crippen LogP contribution in [0.1, 0.15) is 15.9 Å². The molecule has 0 bridgehead atoms. The molecule has 0 fully saturated rings. The second kappa shape index (κ2) is 3.57. The number of hydrogen-bond donors (Lipinski definition) is 3. The van der Waals surface area contributed by atoms with E-state index in [1.54, 1.807) is 0 Å². The Hall–Kier alpha value is -1.36. The Labute approximate surface area is 83.0 Å². The molecule has 0 atom stereocenters.